The fraction of sp³-hybridized carbons (Fsp3) is 0.261. The van der Waals surface area contributed by atoms with E-state index in [4.69, 9.17) is 0 Å². The van der Waals surface area contributed by atoms with Crippen LogP contribution >= 0.6 is 0 Å². The molecule has 3 aromatic rings. The SMILES string of the molecule is Cc1ccccc1-n1ccn(CC(=O)N2CCN(c3ccccc3F)CC2)c(=O)c1=O. The van der Waals surface area contributed by atoms with Gasteiger partial charge in [0.15, 0.2) is 0 Å². The summed E-state index contributed by atoms with van der Waals surface area (Å²) in [4.78, 5) is 41.4. The van der Waals surface area contributed by atoms with Crippen LogP contribution in [0.3, 0.4) is 0 Å². The van der Waals surface area contributed by atoms with Gasteiger partial charge in [-0.3, -0.25) is 23.5 Å². The lowest BCUT2D eigenvalue weighted by Gasteiger charge is -2.36. The van der Waals surface area contributed by atoms with Gasteiger partial charge in [0.2, 0.25) is 5.91 Å². The fourth-order valence-corrected chi connectivity index (χ4v) is 3.81. The number of rotatable bonds is 4. The first-order valence-electron chi connectivity index (χ1n) is 10.1. The van der Waals surface area contributed by atoms with E-state index in [1.807, 2.05) is 24.0 Å². The minimum absolute atomic E-state index is 0.206. The van der Waals surface area contributed by atoms with Crippen molar-refractivity contribution < 1.29 is 9.18 Å². The smallest absolute Gasteiger partial charge is 0.320 e. The second-order valence-electron chi connectivity index (χ2n) is 7.51. The standard InChI is InChI=1S/C23H23FN4O3/c1-17-6-2-4-8-19(17)28-15-14-27(22(30)23(28)31)16-21(29)26-12-10-25(11-13-26)20-9-5-3-7-18(20)24/h2-9,14-15H,10-13,16H2,1H3. The van der Waals surface area contributed by atoms with Gasteiger partial charge in [-0.25, -0.2) is 4.39 Å². The number of benzene rings is 2. The third-order valence-electron chi connectivity index (χ3n) is 5.56. The Morgan fingerprint density at radius 3 is 2.19 bits per heavy atom. The Kier molecular flexibility index (Phi) is 5.70. The highest BCUT2D eigenvalue weighted by atomic mass is 19.1. The highest BCUT2D eigenvalue weighted by molar-refractivity contribution is 5.76. The number of anilines is 1. The molecule has 1 saturated heterocycles. The van der Waals surface area contributed by atoms with Gasteiger partial charge in [-0.15, -0.1) is 0 Å². The van der Waals surface area contributed by atoms with Crippen LogP contribution in [0.4, 0.5) is 10.1 Å². The molecule has 1 aliphatic heterocycles. The lowest BCUT2D eigenvalue weighted by atomic mass is 10.2. The third kappa shape index (κ3) is 4.14. The van der Waals surface area contributed by atoms with Gasteiger partial charge < -0.3 is 9.80 Å². The topological polar surface area (TPSA) is 67.6 Å². The lowest BCUT2D eigenvalue weighted by molar-refractivity contribution is -0.132. The third-order valence-corrected chi connectivity index (χ3v) is 5.56. The van der Waals surface area contributed by atoms with Crippen molar-refractivity contribution in [1.82, 2.24) is 14.0 Å². The van der Waals surface area contributed by atoms with Gasteiger partial charge in [0.1, 0.15) is 12.4 Å². The maximum atomic E-state index is 14.0. The van der Waals surface area contributed by atoms with Crippen LogP contribution in [-0.2, 0) is 11.3 Å². The molecule has 0 radical (unpaired) electrons. The van der Waals surface area contributed by atoms with Crippen LogP contribution in [0.15, 0.2) is 70.5 Å². The largest absolute Gasteiger partial charge is 0.366 e. The fourth-order valence-electron chi connectivity index (χ4n) is 3.81. The summed E-state index contributed by atoms with van der Waals surface area (Å²) in [5.74, 6) is -0.536. The van der Waals surface area contributed by atoms with Crippen molar-refractivity contribution >= 4 is 11.6 Å². The van der Waals surface area contributed by atoms with E-state index in [2.05, 4.69) is 0 Å². The number of carbonyl (C=O) groups is 1. The van der Waals surface area contributed by atoms with Crippen LogP contribution in [-0.4, -0.2) is 46.1 Å². The molecule has 1 amide bonds. The number of halogens is 1. The highest BCUT2D eigenvalue weighted by Gasteiger charge is 2.23. The van der Waals surface area contributed by atoms with E-state index < -0.39 is 11.1 Å². The highest BCUT2D eigenvalue weighted by Crippen LogP contribution is 2.20. The van der Waals surface area contributed by atoms with Crippen molar-refractivity contribution in [2.45, 2.75) is 13.5 Å². The molecule has 2 aromatic carbocycles. The Labute approximate surface area is 178 Å². The summed E-state index contributed by atoms with van der Waals surface area (Å²) in [6, 6.07) is 13.8. The van der Waals surface area contributed by atoms with Gasteiger partial charge in [0, 0.05) is 38.6 Å². The van der Waals surface area contributed by atoms with E-state index in [0.717, 1.165) is 10.1 Å². The molecule has 0 spiro atoms. The number of piperazine rings is 1. The summed E-state index contributed by atoms with van der Waals surface area (Å²) < 4.78 is 16.4. The van der Waals surface area contributed by atoms with E-state index in [9.17, 15) is 18.8 Å². The van der Waals surface area contributed by atoms with Crippen molar-refractivity contribution in [2.75, 3.05) is 31.1 Å². The summed E-state index contributed by atoms with van der Waals surface area (Å²) in [7, 11) is 0. The normalized spacial score (nSPS) is 14.0. The Balaban J connectivity index is 1.46. The number of hydrogen-bond acceptors (Lipinski definition) is 4. The molecule has 2 heterocycles. The van der Waals surface area contributed by atoms with Crippen LogP contribution < -0.4 is 16.0 Å². The lowest BCUT2D eigenvalue weighted by Crippen LogP contribution is -2.51. The maximum Gasteiger partial charge on any atom is 0.320 e. The number of carbonyl (C=O) groups excluding carboxylic acids is 1. The zero-order valence-electron chi connectivity index (χ0n) is 17.2. The zero-order chi connectivity index (χ0) is 22.0. The number of nitrogens with zero attached hydrogens (tertiary/aromatic N) is 4. The van der Waals surface area contributed by atoms with Gasteiger partial charge in [0.25, 0.3) is 0 Å². The minimum Gasteiger partial charge on any atom is -0.366 e. The first-order valence-corrected chi connectivity index (χ1v) is 10.1. The van der Waals surface area contributed by atoms with E-state index >= 15 is 0 Å². The summed E-state index contributed by atoms with van der Waals surface area (Å²) in [6.45, 7) is 3.48. The average molecular weight is 422 g/mol. The number of hydrogen-bond donors (Lipinski definition) is 0. The molecule has 0 atom stereocenters. The Morgan fingerprint density at radius 1 is 0.871 bits per heavy atom. The Hall–Kier alpha value is -3.68. The molecule has 4 rings (SSSR count). The molecule has 0 saturated carbocycles. The van der Waals surface area contributed by atoms with Crippen LogP contribution in [0, 0.1) is 12.7 Å². The predicted octanol–water partition coefficient (Wildman–Crippen LogP) is 1.80. The average Bonchev–Trinajstić information content (AvgIpc) is 2.78. The first-order chi connectivity index (χ1) is 15.0. The number of aromatic nitrogens is 2. The van der Waals surface area contributed by atoms with Crippen molar-refractivity contribution in [2.24, 2.45) is 0 Å². The van der Waals surface area contributed by atoms with Crippen molar-refractivity contribution in [1.29, 1.82) is 0 Å². The number of amides is 1. The van der Waals surface area contributed by atoms with Crippen molar-refractivity contribution in [3.8, 4) is 5.69 Å². The molecule has 0 N–H and O–H groups in total. The Bertz CT molecular complexity index is 1230. The molecular formula is C23H23FN4O3. The molecule has 0 aliphatic carbocycles. The summed E-state index contributed by atoms with van der Waals surface area (Å²) >= 11 is 0. The Morgan fingerprint density at radius 2 is 1.52 bits per heavy atom. The second kappa shape index (κ2) is 8.59. The quantitative estimate of drug-likeness (QED) is 0.602. The van der Waals surface area contributed by atoms with E-state index in [0.29, 0.717) is 37.6 Å². The zero-order valence-corrected chi connectivity index (χ0v) is 17.2. The van der Waals surface area contributed by atoms with Crippen LogP contribution in [0.2, 0.25) is 0 Å². The van der Waals surface area contributed by atoms with Crippen molar-refractivity contribution in [3.63, 3.8) is 0 Å². The molecule has 31 heavy (non-hydrogen) atoms. The van der Waals surface area contributed by atoms with Crippen LogP contribution in [0.1, 0.15) is 5.56 Å². The van der Waals surface area contributed by atoms with Crippen LogP contribution in [0.5, 0.6) is 0 Å². The summed E-state index contributed by atoms with van der Waals surface area (Å²) in [5.41, 5.74) is 0.571. The van der Waals surface area contributed by atoms with Crippen molar-refractivity contribution in [3.05, 3.63) is 93.0 Å². The summed E-state index contributed by atoms with van der Waals surface area (Å²) in [5, 5.41) is 0. The van der Waals surface area contributed by atoms with Gasteiger partial charge in [-0.1, -0.05) is 30.3 Å². The molecule has 1 aliphatic rings. The molecule has 0 unspecified atom stereocenters. The van der Waals surface area contributed by atoms with E-state index in [1.165, 1.54) is 23.0 Å². The van der Waals surface area contributed by atoms with Gasteiger partial charge in [-0.05, 0) is 30.7 Å². The molecule has 1 fully saturated rings. The number of para-hydroxylation sites is 2. The van der Waals surface area contributed by atoms with Crippen LogP contribution in [0.25, 0.3) is 5.69 Å². The maximum absolute atomic E-state index is 14.0. The predicted molar refractivity (Wildman–Crippen MR) is 116 cm³/mol. The monoisotopic (exact) mass is 422 g/mol. The number of aryl methyl sites for hydroxylation is 1. The molecule has 160 valence electrons. The molecule has 1 aromatic heterocycles. The minimum atomic E-state index is -0.746. The van der Waals surface area contributed by atoms with E-state index in [1.54, 1.807) is 35.2 Å². The van der Waals surface area contributed by atoms with Gasteiger partial charge >= 0.3 is 11.1 Å². The second-order valence-corrected chi connectivity index (χ2v) is 7.51. The molecule has 7 nitrogen and oxygen atoms in total. The van der Waals surface area contributed by atoms with E-state index in [-0.39, 0.29) is 18.3 Å². The van der Waals surface area contributed by atoms with Gasteiger partial charge in [0.05, 0.1) is 11.4 Å². The molecule has 8 heteroatoms. The van der Waals surface area contributed by atoms with Gasteiger partial charge in [-0.2, -0.15) is 0 Å². The molecule has 0 bridgehead atoms. The molecular weight excluding hydrogens is 399 g/mol. The summed E-state index contributed by atoms with van der Waals surface area (Å²) in [6.07, 6.45) is 2.97. The first kappa shape index (κ1) is 20.6.